The van der Waals surface area contributed by atoms with E-state index in [9.17, 15) is 146 Å². The summed E-state index contributed by atoms with van der Waals surface area (Å²) in [5.74, 6) is -30.1. The topological polar surface area (TPSA) is 685 Å². The van der Waals surface area contributed by atoms with Crippen LogP contribution in [0.25, 0.3) is 0 Å². The number of nitrogens with two attached hydrogens (primary N) is 1. The molecule has 0 bridgehead atoms. The normalized spacial score (nSPS) is 13.9. The number of Topliss-reactive ketones (excluding diaryl/α,β-unsaturated/α-hetero) is 6. The molecule has 113 heavy (non-hydrogen) atoms. The number of unbranched alkanes of at least 4 members (excludes halogenated alkanes) is 8. The molecule has 8 amide bonds. The maximum Gasteiger partial charge on any atom is 0.305 e. The zero-order chi connectivity index (χ0) is 86.0. The number of carbonyl (C=O) groups is 22. The fourth-order valence-electron chi connectivity index (χ4n) is 10.8. The number of ketones is 6. The van der Waals surface area contributed by atoms with Crippen molar-refractivity contribution in [3.05, 3.63) is 0 Å². The molecule has 0 aliphatic heterocycles. The molecular weight excluding hydrogens is 1510 g/mol. The second-order valence-electron chi connectivity index (χ2n) is 27.2. The van der Waals surface area contributed by atoms with E-state index in [2.05, 4.69) is 26.6 Å². The first-order valence-electron chi connectivity index (χ1n) is 36.5. The van der Waals surface area contributed by atoms with Gasteiger partial charge in [0.1, 0.15) is 41.7 Å². The maximum absolute atomic E-state index is 13.4. The van der Waals surface area contributed by atoms with Gasteiger partial charge in [-0.2, -0.15) is 0 Å². The Labute approximate surface area is 649 Å². The third-order valence-electron chi connectivity index (χ3n) is 17.5. The Hall–Kier alpha value is -10.6. The number of primary amides is 1. The Morgan fingerprint density at radius 3 is 1.02 bits per heavy atom. The fourth-order valence-corrected chi connectivity index (χ4v) is 10.8. The molecule has 0 aromatic carbocycles. The van der Waals surface area contributed by atoms with E-state index >= 15 is 0 Å². The van der Waals surface area contributed by atoms with Crippen molar-refractivity contribution in [3.8, 4) is 0 Å². The summed E-state index contributed by atoms with van der Waals surface area (Å²) in [6, 6.07) is -8.57. The lowest BCUT2D eigenvalue weighted by Crippen LogP contribution is -2.52. The van der Waals surface area contributed by atoms with Crippen molar-refractivity contribution >= 4 is 130 Å². The molecule has 0 aliphatic rings. The number of hydrogen-bond acceptors (Lipinski definition) is 26. The summed E-state index contributed by atoms with van der Waals surface area (Å²) >= 11 is 0. The van der Waals surface area contributed by atoms with Gasteiger partial charge in [0.2, 0.25) is 47.3 Å². The van der Waals surface area contributed by atoms with Crippen LogP contribution in [0.15, 0.2) is 0 Å². The summed E-state index contributed by atoms with van der Waals surface area (Å²) in [5, 5.41) is 91.9. The van der Waals surface area contributed by atoms with Crippen LogP contribution in [0.3, 0.4) is 0 Å². The number of hydrogen-bond donors (Lipinski definition) is 16. The van der Waals surface area contributed by atoms with Crippen molar-refractivity contribution < 1.29 is 165 Å². The monoisotopic (exact) mass is 1620 g/mol. The SMILES string of the molecule is CC(=O)C(C)(CC(=O)O)C(=O)NC(CC(=O)O)C(=O)CC(CC(=O)O)C(=O)NC(CC(=O)O)C(=O)CCCOCCOCC(=O)NCCCCC(NC(=O)COCCOCCCC(=O)C(CC(=O)O)NC(=O)C(CC(=O)O)CC(=O)C(CC(=O)O)NC(=O)C(C)(CC(=O)O)C(C)=O)C(=O)NCCCCCCCCCCC(N)=O. The molecule has 0 aromatic heterocycles. The number of carboxylic acids is 8. The van der Waals surface area contributed by atoms with Gasteiger partial charge in [-0.1, -0.05) is 38.5 Å². The van der Waals surface area contributed by atoms with Gasteiger partial charge in [-0.05, 0) is 72.6 Å². The molecule has 0 fully saturated rings. The van der Waals surface area contributed by atoms with Crippen LogP contribution in [-0.4, -0.2) is 267 Å². The lowest BCUT2D eigenvalue weighted by molar-refractivity contribution is -0.151. The highest BCUT2D eigenvalue weighted by molar-refractivity contribution is 6.10. The van der Waals surface area contributed by atoms with Gasteiger partial charge in [0, 0.05) is 58.4 Å². The molecule has 9 atom stereocenters. The number of rotatable bonds is 70. The number of nitrogens with one attached hydrogen (secondary N) is 7. The standard InChI is InChI=1S/C71H108N8O34/c1-41(80)70(3,37-63(101)102)68(108)78-48(35-61(97)98)52(84)29-43(31-57(89)90)65(105)76-46(33-59(93)94)50(82)18-15-23-110-25-27-112-39-55(87)73-21-14-12-17-45(67(107)74-22-13-10-8-6-5-7-9-11-20-54(72)86)75-56(88)40-113-28-26-111-24-16-19-51(83)47(34-60(95)96)77-66(106)44(32-58(91)92)30-53(85)49(36-62(99)100)79-69(109)71(4,42(2)81)38-64(103)104/h43-49H,5-40H2,1-4H3,(H2,72,86)(H,73,87)(H,74,107)(H,75,88)(H,76,105)(H,77,106)(H,78,108)(H,79,109)(H,89,90)(H,91,92)(H,93,94)(H,95,96)(H,97,98)(H,99,100)(H,101,102)(H,103,104). The first-order chi connectivity index (χ1) is 52.9. The second-order valence-corrected chi connectivity index (χ2v) is 27.2. The summed E-state index contributed by atoms with van der Waals surface area (Å²) in [7, 11) is 0. The zero-order valence-electron chi connectivity index (χ0n) is 63.8. The zero-order valence-corrected chi connectivity index (χ0v) is 63.8. The van der Waals surface area contributed by atoms with E-state index in [0.29, 0.717) is 32.2 Å². The Kier molecular flexibility index (Phi) is 50.5. The molecule has 0 aliphatic carbocycles. The van der Waals surface area contributed by atoms with E-state index < -0.39 is 267 Å². The van der Waals surface area contributed by atoms with E-state index in [-0.39, 0.29) is 71.4 Å². The van der Waals surface area contributed by atoms with Gasteiger partial charge < -0.3 is 103 Å². The van der Waals surface area contributed by atoms with Gasteiger partial charge in [-0.15, -0.1) is 0 Å². The van der Waals surface area contributed by atoms with Gasteiger partial charge in [-0.3, -0.25) is 105 Å². The number of amides is 8. The van der Waals surface area contributed by atoms with Crippen molar-refractivity contribution in [3.63, 3.8) is 0 Å². The van der Waals surface area contributed by atoms with Crippen LogP contribution >= 0.6 is 0 Å². The molecule has 42 nitrogen and oxygen atoms in total. The quantitative estimate of drug-likeness (QED) is 0.0249. The highest BCUT2D eigenvalue weighted by Gasteiger charge is 2.45. The number of aliphatic carboxylic acids is 8. The summed E-state index contributed by atoms with van der Waals surface area (Å²) in [6.07, 6.45) is -3.74. The Morgan fingerprint density at radius 2 is 0.655 bits per heavy atom. The number of ether oxygens (including phenoxy) is 4. The summed E-state index contributed by atoms with van der Waals surface area (Å²) in [5.41, 5.74) is 0.642. The lowest BCUT2D eigenvalue weighted by atomic mass is 9.81. The minimum Gasteiger partial charge on any atom is -0.481 e. The highest BCUT2D eigenvalue weighted by Crippen LogP contribution is 2.27. The number of carbonyl (C=O) groups excluding carboxylic acids is 14. The summed E-state index contributed by atoms with van der Waals surface area (Å²) in [6.45, 7) is 2.34. The van der Waals surface area contributed by atoms with Gasteiger partial charge >= 0.3 is 47.8 Å². The lowest BCUT2D eigenvalue weighted by Gasteiger charge is -2.27. The van der Waals surface area contributed by atoms with E-state index in [1.54, 1.807) is 0 Å². The molecule has 9 unspecified atom stereocenters. The Balaban J connectivity index is 5.51. The molecule has 17 N–H and O–H groups in total. The van der Waals surface area contributed by atoms with Gasteiger partial charge in [0.15, 0.2) is 23.1 Å². The largest absolute Gasteiger partial charge is 0.481 e. The predicted octanol–water partition coefficient (Wildman–Crippen LogP) is -1.29. The molecule has 0 saturated heterocycles. The third kappa shape index (κ3) is 46.1. The third-order valence-corrected chi connectivity index (χ3v) is 17.5. The summed E-state index contributed by atoms with van der Waals surface area (Å²) in [4.78, 5) is 274. The molecule has 42 heteroatoms. The molecule has 0 radical (unpaired) electrons. The molecule has 0 aromatic rings. The number of carboxylic acid groups (broad SMARTS) is 8. The molecule has 636 valence electrons. The van der Waals surface area contributed by atoms with Crippen LogP contribution in [0, 0.1) is 22.7 Å². The molecule has 0 heterocycles. The van der Waals surface area contributed by atoms with E-state index in [0.717, 1.165) is 72.6 Å². The molecule has 0 saturated carbocycles. The average Bonchev–Trinajstić information content (AvgIpc) is 0.823. The van der Waals surface area contributed by atoms with Gasteiger partial charge in [-0.25, -0.2) is 0 Å². The van der Waals surface area contributed by atoms with Crippen LogP contribution in [0.2, 0.25) is 0 Å². The van der Waals surface area contributed by atoms with E-state index in [4.69, 9.17) is 24.7 Å². The average molecular weight is 1620 g/mol. The van der Waals surface area contributed by atoms with Gasteiger partial charge in [0.05, 0.1) is 114 Å². The van der Waals surface area contributed by atoms with Crippen molar-refractivity contribution in [2.75, 3.05) is 65.9 Å². The molecule has 0 rings (SSSR count). The second kappa shape index (κ2) is 55.7. The van der Waals surface area contributed by atoms with Gasteiger partial charge in [0.25, 0.3) is 0 Å². The van der Waals surface area contributed by atoms with Crippen molar-refractivity contribution in [1.82, 2.24) is 37.2 Å². The first kappa shape index (κ1) is 102. The van der Waals surface area contributed by atoms with Crippen molar-refractivity contribution in [2.24, 2.45) is 28.4 Å². The van der Waals surface area contributed by atoms with Crippen LogP contribution in [0.4, 0.5) is 0 Å². The van der Waals surface area contributed by atoms with Crippen molar-refractivity contribution in [2.45, 2.75) is 225 Å². The van der Waals surface area contributed by atoms with Crippen LogP contribution in [-0.2, 0) is 124 Å². The predicted molar refractivity (Wildman–Crippen MR) is 384 cm³/mol. The fraction of sp³-hybridized carbons (Fsp3) is 0.690. The minimum absolute atomic E-state index is 0.0425. The Morgan fingerprint density at radius 1 is 0.319 bits per heavy atom. The maximum atomic E-state index is 13.4. The molecule has 0 spiro atoms. The minimum atomic E-state index is -2.28. The van der Waals surface area contributed by atoms with E-state index in [1.807, 2.05) is 10.6 Å². The Bertz CT molecular complexity index is 3330. The van der Waals surface area contributed by atoms with Crippen molar-refractivity contribution in [1.29, 1.82) is 0 Å². The first-order valence-corrected chi connectivity index (χ1v) is 36.5. The van der Waals surface area contributed by atoms with Crippen LogP contribution in [0.5, 0.6) is 0 Å². The smallest absolute Gasteiger partial charge is 0.305 e. The van der Waals surface area contributed by atoms with Crippen LogP contribution in [0.1, 0.15) is 195 Å². The highest BCUT2D eigenvalue weighted by atomic mass is 16.5. The van der Waals surface area contributed by atoms with E-state index in [1.165, 1.54) is 0 Å². The van der Waals surface area contributed by atoms with Crippen LogP contribution < -0.4 is 43.0 Å². The summed E-state index contributed by atoms with van der Waals surface area (Å²) < 4.78 is 21.7. The molecular formula is C71H108N8O34.